The molecular weight excluding hydrogens is 218 g/mol. The minimum Gasteiger partial charge on any atom is -0.363 e. The van der Waals surface area contributed by atoms with Gasteiger partial charge in [0.25, 0.3) is 5.56 Å². The molecule has 0 spiro atoms. The Labute approximate surface area is 96.3 Å². The molecule has 0 N–H and O–H groups in total. The first-order valence-electron chi connectivity index (χ1n) is 5.14. The van der Waals surface area contributed by atoms with E-state index in [1.807, 2.05) is 30.3 Å². The van der Waals surface area contributed by atoms with Gasteiger partial charge in [0.1, 0.15) is 12.0 Å². The average Bonchev–Trinajstić information content (AvgIpc) is 2.84. The molecule has 0 bridgehead atoms. The summed E-state index contributed by atoms with van der Waals surface area (Å²) in [7, 11) is 1.60. The molecule has 2 aromatic heterocycles. The van der Waals surface area contributed by atoms with Crippen LogP contribution in [0.15, 0.2) is 45.9 Å². The topological polar surface area (TPSA) is 60.9 Å². The highest BCUT2D eigenvalue weighted by Gasteiger charge is 2.13. The third-order valence-corrected chi connectivity index (χ3v) is 2.62. The van der Waals surface area contributed by atoms with E-state index in [1.165, 1.54) is 10.9 Å². The molecule has 17 heavy (non-hydrogen) atoms. The number of hydrogen-bond acceptors (Lipinski definition) is 4. The zero-order valence-electron chi connectivity index (χ0n) is 9.12. The Balaban J connectivity index is 2.42. The Morgan fingerprint density at radius 3 is 2.76 bits per heavy atom. The summed E-state index contributed by atoms with van der Waals surface area (Å²) in [5, 5.41) is 8.60. The molecule has 5 heteroatoms. The van der Waals surface area contributed by atoms with Crippen LogP contribution in [0.5, 0.6) is 0 Å². The maximum atomic E-state index is 11.8. The molecule has 0 unspecified atom stereocenters. The van der Waals surface area contributed by atoms with E-state index >= 15 is 0 Å². The summed E-state index contributed by atoms with van der Waals surface area (Å²) in [5.41, 5.74) is 1.68. The van der Waals surface area contributed by atoms with Gasteiger partial charge in [-0.3, -0.25) is 4.79 Å². The Morgan fingerprint density at radius 2 is 2.00 bits per heavy atom. The van der Waals surface area contributed by atoms with E-state index < -0.39 is 0 Å². The molecule has 0 aliphatic rings. The van der Waals surface area contributed by atoms with Crippen LogP contribution in [0, 0.1) is 0 Å². The third-order valence-electron chi connectivity index (χ3n) is 2.62. The highest BCUT2D eigenvalue weighted by atomic mass is 16.5. The van der Waals surface area contributed by atoms with Crippen LogP contribution in [-0.4, -0.2) is 14.9 Å². The zero-order chi connectivity index (χ0) is 11.8. The molecule has 1 aromatic carbocycles. The van der Waals surface area contributed by atoms with Crippen LogP contribution in [0.25, 0.3) is 22.2 Å². The Bertz CT molecular complexity index is 728. The number of rotatable bonds is 1. The molecule has 5 nitrogen and oxygen atoms in total. The average molecular weight is 227 g/mol. The van der Waals surface area contributed by atoms with E-state index in [0.717, 1.165) is 5.56 Å². The van der Waals surface area contributed by atoms with E-state index in [2.05, 4.69) is 10.3 Å². The van der Waals surface area contributed by atoms with Crippen molar-refractivity contribution in [2.45, 2.75) is 0 Å². The van der Waals surface area contributed by atoms with Crippen molar-refractivity contribution in [3.63, 3.8) is 0 Å². The molecule has 0 amide bonds. The van der Waals surface area contributed by atoms with Crippen LogP contribution in [-0.2, 0) is 7.05 Å². The monoisotopic (exact) mass is 227 g/mol. The highest BCUT2D eigenvalue weighted by Crippen LogP contribution is 2.23. The summed E-state index contributed by atoms with van der Waals surface area (Å²) in [5.74, 6) is 0. The van der Waals surface area contributed by atoms with Crippen molar-refractivity contribution in [1.82, 2.24) is 14.9 Å². The van der Waals surface area contributed by atoms with Gasteiger partial charge in [0.05, 0.1) is 5.39 Å². The Kier molecular flexibility index (Phi) is 2.04. The molecule has 3 rings (SSSR count). The van der Waals surface area contributed by atoms with Gasteiger partial charge in [-0.2, -0.15) is 5.10 Å². The number of benzene rings is 1. The smallest absolute Gasteiger partial charge is 0.296 e. The molecule has 0 radical (unpaired) electrons. The number of aryl methyl sites for hydroxylation is 1. The van der Waals surface area contributed by atoms with Crippen molar-refractivity contribution in [3.8, 4) is 11.3 Å². The molecule has 0 atom stereocenters. The zero-order valence-corrected chi connectivity index (χ0v) is 9.12. The molecule has 0 aliphatic heterocycles. The van der Waals surface area contributed by atoms with E-state index in [0.29, 0.717) is 16.6 Å². The normalized spacial score (nSPS) is 10.9. The van der Waals surface area contributed by atoms with Crippen LogP contribution >= 0.6 is 0 Å². The molecule has 0 saturated carbocycles. The van der Waals surface area contributed by atoms with Crippen LogP contribution in [0.4, 0.5) is 0 Å². The van der Waals surface area contributed by atoms with Crippen LogP contribution in [0.3, 0.4) is 0 Å². The lowest BCUT2D eigenvalue weighted by atomic mass is 10.1. The van der Waals surface area contributed by atoms with Crippen molar-refractivity contribution >= 4 is 10.9 Å². The van der Waals surface area contributed by atoms with Gasteiger partial charge in [-0.15, -0.1) is 0 Å². The fourth-order valence-electron chi connectivity index (χ4n) is 1.77. The number of fused-ring (bicyclic) bond motifs is 1. The van der Waals surface area contributed by atoms with Gasteiger partial charge in [0, 0.05) is 12.6 Å². The summed E-state index contributed by atoms with van der Waals surface area (Å²) in [6.07, 6.45) is 1.45. The lowest BCUT2D eigenvalue weighted by Gasteiger charge is -2.03. The lowest BCUT2D eigenvalue weighted by Crippen LogP contribution is -2.20. The minimum atomic E-state index is -0.256. The van der Waals surface area contributed by atoms with Gasteiger partial charge in [-0.05, 0) is 0 Å². The third kappa shape index (κ3) is 1.44. The summed E-state index contributed by atoms with van der Waals surface area (Å²) in [6, 6.07) is 9.62. The van der Waals surface area contributed by atoms with Crippen molar-refractivity contribution in [1.29, 1.82) is 0 Å². The highest BCUT2D eigenvalue weighted by molar-refractivity contribution is 5.90. The fraction of sp³-hybridized carbons (Fsp3) is 0.0833. The van der Waals surface area contributed by atoms with E-state index in [1.54, 1.807) is 7.05 Å². The molecule has 2 heterocycles. The van der Waals surface area contributed by atoms with E-state index in [-0.39, 0.29) is 5.56 Å². The van der Waals surface area contributed by atoms with Crippen LogP contribution < -0.4 is 5.56 Å². The molecule has 0 saturated heterocycles. The standard InChI is InChI=1S/C12H9N3O2/c1-15-12(16)11-9(7-17-14-11)10(13-15)8-5-3-2-4-6-8/h2-7H,1H3. The number of nitrogens with zero attached hydrogens (tertiary/aromatic N) is 3. The van der Waals surface area contributed by atoms with Gasteiger partial charge in [0.2, 0.25) is 0 Å². The van der Waals surface area contributed by atoms with Gasteiger partial charge >= 0.3 is 0 Å². The predicted octanol–water partition coefficient (Wildman–Crippen LogP) is 1.59. The first kappa shape index (κ1) is 9.77. The van der Waals surface area contributed by atoms with E-state index in [9.17, 15) is 4.79 Å². The summed E-state index contributed by atoms with van der Waals surface area (Å²) in [6.45, 7) is 0. The fourth-order valence-corrected chi connectivity index (χ4v) is 1.77. The minimum absolute atomic E-state index is 0.256. The Hall–Kier alpha value is -2.43. The predicted molar refractivity (Wildman–Crippen MR) is 62.5 cm³/mol. The molecule has 0 aliphatic carbocycles. The molecular formula is C12H9N3O2. The van der Waals surface area contributed by atoms with Crippen molar-refractivity contribution < 1.29 is 4.52 Å². The maximum absolute atomic E-state index is 11.8. The van der Waals surface area contributed by atoms with Crippen LogP contribution in [0.1, 0.15) is 0 Å². The van der Waals surface area contributed by atoms with E-state index in [4.69, 9.17) is 4.52 Å². The van der Waals surface area contributed by atoms with Gasteiger partial charge in [-0.25, -0.2) is 4.68 Å². The largest absolute Gasteiger partial charge is 0.363 e. The quantitative estimate of drug-likeness (QED) is 0.633. The van der Waals surface area contributed by atoms with Crippen molar-refractivity contribution in [2.24, 2.45) is 7.05 Å². The second-order valence-electron chi connectivity index (χ2n) is 3.72. The lowest BCUT2D eigenvalue weighted by molar-refractivity contribution is 0.427. The van der Waals surface area contributed by atoms with Crippen molar-refractivity contribution in [2.75, 3.05) is 0 Å². The maximum Gasteiger partial charge on any atom is 0.296 e. The van der Waals surface area contributed by atoms with Gasteiger partial charge in [-0.1, -0.05) is 35.5 Å². The first-order chi connectivity index (χ1) is 8.27. The summed E-state index contributed by atoms with van der Waals surface area (Å²) < 4.78 is 6.13. The summed E-state index contributed by atoms with van der Waals surface area (Å²) in [4.78, 5) is 11.8. The second-order valence-corrected chi connectivity index (χ2v) is 3.72. The number of hydrogen-bond donors (Lipinski definition) is 0. The number of aromatic nitrogens is 3. The second kappa shape index (κ2) is 3.55. The molecule has 3 aromatic rings. The summed E-state index contributed by atoms with van der Waals surface area (Å²) >= 11 is 0. The van der Waals surface area contributed by atoms with Crippen LogP contribution in [0.2, 0.25) is 0 Å². The Morgan fingerprint density at radius 1 is 1.24 bits per heavy atom. The SMILES string of the molecule is Cn1nc(-c2ccccc2)c2conc2c1=O. The van der Waals surface area contributed by atoms with Crippen molar-refractivity contribution in [3.05, 3.63) is 46.9 Å². The molecule has 0 fully saturated rings. The van der Waals surface area contributed by atoms with Gasteiger partial charge in [0.15, 0.2) is 5.52 Å². The molecule has 84 valence electrons. The first-order valence-corrected chi connectivity index (χ1v) is 5.14. The van der Waals surface area contributed by atoms with Gasteiger partial charge < -0.3 is 4.52 Å².